The lowest BCUT2D eigenvalue weighted by molar-refractivity contribution is 0.287. The second kappa shape index (κ2) is 12.2. The molecule has 0 bridgehead atoms. The van der Waals surface area contributed by atoms with Gasteiger partial charge in [0.15, 0.2) is 5.82 Å². The molecule has 0 radical (unpaired) electrons. The summed E-state index contributed by atoms with van der Waals surface area (Å²) in [4.78, 5) is 8.96. The van der Waals surface area contributed by atoms with Gasteiger partial charge in [0.2, 0.25) is 0 Å². The van der Waals surface area contributed by atoms with Gasteiger partial charge in [-0.25, -0.2) is 14.4 Å². The highest BCUT2D eigenvalue weighted by Gasteiger charge is 2.08. The van der Waals surface area contributed by atoms with Crippen LogP contribution < -0.4 is 0 Å². The lowest BCUT2D eigenvalue weighted by Crippen LogP contribution is -2.02. The molecule has 0 saturated carbocycles. The average molecular weight is 421 g/mol. The standard InChI is InChI=1S/C27H33FN2O/c1-2-3-4-5-6-7-8-25(28)16-11-21-9-12-23(13-10-21)27-29-19-24(20-30-27)22-14-17-26(31)18-15-22/h9-10,12-15,17-20,25,31H,2-8,11,16H2,1H3/t25-/m0/s1. The number of nitrogens with zero attached hydrogens (tertiary/aromatic N) is 2. The van der Waals surface area contributed by atoms with E-state index in [0.717, 1.165) is 41.5 Å². The Kier molecular flexibility index (Phi) is 9.01. The fourth-order valence-electron chi connectivity index (χ4n) is 3.71. The van der Waals surface area contributed by atoms with Crippen molar-refractivity contribution in [2.75, 3.05) is 0 Å². The van der Waals surface area contributed by atoms with Crippen LogP contribution in [0.1, 0.15) is 63.9 Å². The molecule has 0 spiro atoms. The third-order valence-corrected chi connectivity index (χ3v) is 5.68. The Morgan fingerprint density at radius 3 is 2.03 bits per heavy atom. The summed E-state index contributed by atoms with van der Waals surface area (Å²) in [5, 5.41) is 9.41. The second-order valence-corrected chi connectivity index (χ2v) is 8.23. The van der Waals surface area contributed by atoms with Gasteiger partial charge in [-0.05, 0) is 42.5 Å². The molecule has 0 aliphatic rings. The largest absolute Gasteiger partial charge is 0.508 e. The van der Waals surface area contributed by atoms with Gasteiger partial charge in [0.1, 0.15) is 11.9 Å². The van der Waals surface area contributed by atoms with E-state index in [4.69, 9.17) is 0 Å². The topological polar surface area (TPSA) is 46.0 Å². The van der Waals surface area contributed by atoms with Gasteiger partial charge >= 0.3 is 0 Å². The minimum atomic E-state index is -0.707. The van der Waals surface area contributed by atoms with E-state index in [1.807, 2.05) is 36.4 Å². The van der Waals surface area contributed by atoms with Gasteiger partial charge in [0, 0.05) is 23.5 Å². The Labute approximate surface area is 185 Å². The molecule has 1 atom stereocenters. The van der Waals surface area contributed by atoms with Crippen LogP contribution in [0.15, 0.2) is 60.9 Å². The van der Waals surface area contributed by atoms with Crippen molar-refractivity contribution in [2.45, 2.75) is 70.9 Å². The number of hydrogen-bond donors (Lipinski definition) is 1. The van der Waals surface area contributed by atoms with Gasteiger partial charge in [-0.1, -0.05) is 81.8 Å². The van der Waals surface area contributed by atoms with E-state index in [0.29, 0.717) is 18.7 Å². The van der Waals surface area contributed by atoms with Crippen molar-refractivity contribution in [1.82, 2.24) is 9.97 Å². The second-order valence-electron chi connectivity index (χ2n) is 8.23. The molecule has 0 unspecified atom stereocenters. The number of rotatable bonds is 12. The maximum absolute atomic E-state index is 14.2. The predicted molar refractivity (Wildman–Crippen MR) is 126 cm³/mol. The smallest absolute Gasteiger partial charge is 0.159 e. The van der Waals surface area contributed by atoms with Crippen LogP contribution in [0.2, 0.25) is 0 Å². The molecule has 4 heteroatoms. The molecule has 3 nitrogen and oxygen atoms in total. The van der Waals surface area contributed by atoms with Crippen molar-refractivity contribution in [1.29, 1.82) is 0 Å². The van der Waals surface area contributed by atoms with E-state index in [2.05, 4.69) is 16.9 Å². The zero-order valence-corrected chi connectivity index (χ0v) is 18.4. The number of hydrogen-bond acceptors (Lipinski definition) is 3. The van der Waals surface area contributed by atoms with Crippen LogP contribution in [-0.4, -0.2) is 21.2 Å². The van der Waals surface area contributed by atoms with Crippen molar-refractivity contribution in [2.24, 2.45) is 0 Å². The van der Waals surface area contributed by atoms with Crippen LogP contribution in [0.25, 0.3) is 22.5 Å². The summed E-state index contributed by atoms with van der Waals surface area (Å²) in [5.74, 6) is 0.906. The summed E-state index contributed by atoms with van der Waals surface area (Å²) in [6.07, 6.45) is 12.1. The van der Waals surface area contributed by atoms with E-state index < -0.39 is 6.17 Å². The molecule has 31 heavy (non-hydrogen) atoms. The van der Waals surface area contributed by atoms with Crippen molar-refractivity contribution >= 4 is 0 Å². The van der Waals surface area contributed by atoms with Crippen molar-refractivity contribution in [3.63, 3.8) is 0 Å². The zero-order valence-electron chi connectivity index (χ0n) is 18.4. The highest BCUT2D eigenvalue weighted by molar-refractivity contribution is 5.64. The minimum absolute atomic E-state index is 0.239. The lowest BCUT2D eigenvalue weighted by Gasteiger charge is -2.09. The summed E-state index contributed by atoms with van der Waals surface area (Å²) in [6, 6.07) is 15.1. The van der Waals surface area contributed by atoms with E-state index in [1.54, 1.807) is 24.5 Å². The SMILES string of the molecule is CCCCCCCC[C@H](F)CCc1ccc(-c2ncc(-c3ccc(O)cc3)cn2)cc1. The van der Waals surface area contributed by atoms with Gasteiger partial charge in [0.05, 0.1) is 0 Å². The summed E-state index contributed by atoms with van der Waals surface area (Å²) < 4.78 is 14.2. The molecule has 3 rings (SSSR count). The van der Waals surface area contributed by atoms with Crippen LogP contribution in [0, 0.1) is 0 Å². The van der Waals surface area contributed by atoms with Crippen LogP contribution in [-0.2, 0) is 6.42 Å². The van der Waals surface area contributed by atoms with Crippen LogP contribution in [0.4, 0.5) is 4.39 Å². The van der Waals surface area contributed by atoms with Gasteiger partial charge in [-0.2, -0.15) is 0 Å². The Balaban J connectivity index is 1.46. The predicted octanol–water partition coefficient (Wildman–Crippen LogP) is 7.54. The van der Waals surface area contributed by atoms with Gasteiger partial charge < -0.3 is 5.11 Å². The first-order valence-electron chi connectivity index (χ1n) is 11.5. The maximum Gasteiger partial charge on any atom is 0.159 e. The Bertz CT molecular complexity index is 892. The molecule has 1 aromatic heterocycles. The zero-order chi connectivity index (χ0) is 21.9. The third-order valence-electron chi connectivity index (χ3n) is 5.68. The fraction of sp³-hybridized carbons (Fsp3) is 0.407. The number of alkyl halides is 1. The molecule has 3 aromatic rings. The molecule has 0 amide bonds. The third kappa shape index (κ3) is 7.46. The first-order chi connectivity index (χ1) is 15.2. The van der Waals surface area contributed by atoms with Crippen LogP contribution in [0.3, 0.4) is 0 Å². The minimum Gasteiger partial charge on any atom is -0.508 e. The van der Waals surface area contributed by atoms with E-state index in [9.17, 15) is 9.50 Å². The van der Waals surface area contributed by atoms with E-state index in [-0.39, 0.29) is 5.75 Å². The molecule has 2 aromatic carbocycles. The molecule has 0 aliphatic heterocycles. The molecule has 1 heterocycles. The number of aromatic hydroxyl groups is 1. The van der Waals surface area contributed by atoms with Crippen LogP contribution >= 0.6 is 0 Å². The van der Waals surface area contributed by atoms with Crippen molar-refractivity contribution < 1.29 is 9.50 Å². The number of unbranched alkanes of at least 4 members (excludes halogenated alkanes) is 5. The normalized spacial score (nSPS) is 12.1. The van der Waals surface area contributed by atoms with E-state index in [1.165, 1.54) is 25.7 Å². The number of halogens is 1. The Hall–Kier alpha value is -2.75. The van der Waals surface area contributed by atoms with Gasteiger partial charge in [-0.15, -0.1) is 0 Å². The number of benzene rings is 2. The maximum atomic E-state index is 14.2. The summed E-state index contributed by atoms with van der Waals surface area (Å²) in [5.41, 5.74) is 3.96. The number of aryl methyl sites for hydroxylation is 1. The first kappa shape index (κ1) is 22.9. The highest BCUT2D eigenvalue weighted by Crippen LogP contribution is 2.23. The van der Waals surface area contributed by atoms with Gasteiger partial charge in [0.25, 0.3) is 0 Å². The molecular weight excluding hydrogens is 387 g/mol. The van der Waals surface area contributed by atoms with Crippen LogP contribution in [0.5, 0.6) is 5.75 Å². The number of phenolic OH excluding ortho intramolecular Hbond substituents is 1. The molecule has 1 N–H and O–H groups in total. The molecule has 0 saturated heterocycles. The first-order valence-corrected chi connectivity index (χ1v) is 11.5. The van der Waals surface area contributed by atoms with E-state index >= 15 is 0 Å². The average Bonchev–Trinajstić information content (AvgIpc) is 2.81. The lowest BCUT2D eigenvalue weighted by atomic mass is 10.0. The molecular formula is C27H33FN2O. The summed E-state index contributed by atoms with van der Waals surface area (Å²) in [6.45, 7) is 2.21. The summed E-state index contributed by atoms with van der Waals surface area (Å²) in [7, 11) is 0. The highest BCUT2D eigenvalue weighted by atomic mass is 19.1. The molecule has 164 valence electrons. The van der Waals surface area contributed by atoms with Crippen molar-refractivity contribution in [3.05, 3.63) is 66.5 Å². The number of phenols is 1. The monoisotopic (exact) mass is 420 g/mol. The quantitative estimate of drug-likeness (QED) is 0.308. The molecule has 0 aliphatic carbocycles. The van der Waals surface area contributed by atoms with Crippen molar-refractivity contribution in [3.8, 4) is 28.3 Å². The fourth-order valence-corrected chi connectivity index (χ4v) is 3.71. The number of aromatic nitrogens is 2. The summed E-state index contributed by atoms with van der Waals surface area (Å²) >= 11 is 0. The molecule has 0 fully saturated rings. The van der Waals surface area contributed by atoms with Gasteiger partial charge in [-0.3, -0.25) is 0 Å². The Morgan fingerprint density at radius 1 is 0.742 bits per heavy atom. The Morgan fingerprint density at radius 2 is 1.35 bits per heavy atom.